The summed E-state index contributed by atoms with van der Waals surface area (Å²) in [5, 5.41) is 8.02. The lowest BCUT2D eigenvalue weighted by molar-refractivity contribution is -0.150. The van der Waals surface area contributed by atoms with Gasteiger partial charge in [-0.05, 0) is 6.42 Å². The van der Waals surface area contributed by atoms with Crippen LogP contribution >= 0.6 is 12.4 Å². The van der Waals surface area contributed by atoms with Crippen LogP contribution in [0.15, 0.2) is 0 Å². The second kappa shape index (κ2) is 4.76. The third-order valence-electron chi connectivity index (χ3n) is 0.861. The van der Waals surface area contributed by atoms with Gasteiger partial charge < -0.3 is 10.8 Å². The van der Waals surface area contributed by atoms with Crippen LogP contribution in [-0.4, -0.2) is 23.9 Å². The summed E-state index contributed by atoms with van der Waals surface area (Å²) < 4.78 is 34.2. The molecule has 6 heteroatoms. The third-order valence-corrected chi connectivity index (χ3v) is 0.861. The van der Waals surface area contributed by atoms with Crippen molar-refractivity contribution in [2.24, 2.45) is 5.73 Å². The Labute approximate surface area is 62.6 Å². The fraction of sp³-hybridized carbons (Fsp3) is 1.00. The number of halogens is 4. The van der Waals surface area contributed by atoms with Crippen molar-refractivity contribution in [3.63, 3.8) is 0 Å². The molecule has 0 spiro atoms. The molecule has 0 fully saturated rings. The highest BCUT2D eigenvalue weighted by molar-refractivity contribution is 5.85. The minimum Gasteiger partial charge on any atom is -0.396 e. The van der Waals surface area contributed by atoms with Gasteiger partial charge in [0.2, 0.25) is 0 Å². The number of nitrogens with two attached hydrogens (primary N) is 1. The van der Waals surface area contributed by atoms with Crippen LogP contribution in [-0.2, 0) is 0 Å². The molecule has 0 radical (unpaired) electrons. The van der Waals surface area contributed by atoms with Gasteiger partial charge in [-0.25, -0.2) is 0 Å². The molecule has 0 aromatic rings. The summed E-state index contributed by atoms with van der Waals surface area (Å²) in [4.78, 5) is 0. The maximum Gasteiger partial charge on any atom is 0.403 e. The molecule has 0 saturated carbocycles. The average molecular weight is 180 g/mol. The predicted octanol–water partition coefficient (Wildman–Crippen LogP) is 0.680. The van der Waals surface area contributed by atoms with Gasteiger partial charge in [0.25, 0.3) is 0 Å². The van der Waals surface area contributed by atoms with Gasteiger partial charge in [0.1, 0.15) is 6.04 Å². The normalized spacial score (nSPS) is 14.1. The quantitative estimate of drug-likeness (QED) is 0.655. The largest absolute Gasteiger partial charge is 0.403 e. The fourth-order valence-corrected chi connectivity index (χ4v) is 0.303. The Kier molecular flexibility index (Phi) is 6.02. The van der Waals surface area contributed by atoms with E-state index in [2.05, 4.69) is 5.73 Å². The van der Waals surface area contributed by atoms with E-state index in [0.717, 1.165) is 0 Å². The number of hydrogen-bond donors (Lipinski definition) is 2. The topological polar surface area (TPSA) is 46.2 Å². The van der Waals surface area contributed by atoms with E-state index in [0.29, 0.717) is 0 Å². The second-order valence-electron chi connectivity index (χ2n) is 1.66. The summed E-state index contributed by atoms with van der Waals surface area (Å²) >= 11 is 0. The van der Waals surface area contributed by atoms with Crippen molar-refractivity contribution in [1.82, 2.24) is 0 Å². The van der Waals surface area contributed by atoms with Crippen LogP contribution in [0.1, 0.15) is 6.42 Å². The molecule has 10 heavy (non-hydrogen) atoms. The molecule has 0 heterocycles. The van der Waals surface area contributed by atoms with Crippen LogP contribution in [0, 0.1) is 0 Å². The van der Waals surface area contributed by atoms with E-state index in [4.69, 9.17) is 5.11 Å². The highest BCUT2D eigenvalue weighted by atomic mass is 35.5. The molecule has 0 aromatic heterocycles. The maximum absolute atomic E-state index is 11.4. The molecule has 0 aromatic carbocycles. The first-order valence-electron chi connectivity index (χ1n) is 2.41. The van der Waals surface area contributed by atoms with Crippen molar-refractivity contribution in [2.45, 2.75) is 18.6 Å². The lowest BCUT2D eigenvalue weighted by Gasteiger charge is -2.12. The van der Waals surface area contributed by atoms with Crippen LogP contribution < -0.4 is 5.73 Å². The first-order valence-corrected chi connectivity index (χ1v) is 2.41. The van der Waals surface area contributed by atoms with E-state index in [-0.39, 0.29) is 12.4 Å². The van der Waals surface area contributed by atoms with E-state index in [1.54, 1.807) is 0 Å². The van der Waals surface area contributed by atoms with Crippen molar-refractivity contribution in [1.29, 1.82) is 0 Å². The number of rotatable bonds is 2. The standard InChI is InChI=1S/C4H8F3NO.ClH/c5-4(6,7)3(8)1-2-9;/h3,9H,1-2,8H2;1H/t3-;/m1./s1. The summed E-state index contributed by atoms with van der Waals surface area (Å²) in [6, 6.07) is -1.89. The third kappa shape index (κ3) is 4.84. The minimum absolute atomic E-state index is 0. The Hall–Kier alpha value is -0.0000000000000000555. The van der Waals surface area contributed by atoms with Crippen molar-refractivity contribution < 1.29 is 18.3 Å². The number of aliphatic hydroxyl groups excluding tert-OH is 1. The van der Waals surface area contributed by atoms with Gasteiger partial charge >= 0.3 is 6.18 Å². The molecule has 0 amide bonds. The van der Waals surface area contributed by atoms with Gasteiger partial charge in [0.15, 0.2) is 0 Å². The zero-order valence-corrected chi connectivity index (χ0v) is 5.87. The van der Waals surface area contributed by atoms with Gasteiger partial charge in [-0.15, -0.1) is 12.4 Å². The molecule has 2 nitrogen and oxygen atoms in total. The Bertz CT molecular complexity index is 87.1. The Balaban J connectivity index is 0. The number of alkyl halides is 3. The van der Waals surface area contributed by atoms with Gasteiger partial charge in [-0.1, -0.05) is 0 Å². The summed E-state index contributed by atoms with van der Waals surface area (Å²) in [6.45, 7) is -0.527. The van der Waals surface area contributed by atoms with Crippen LogP contribution in [0.3, 0.4) is 0 Å². The van der Waals surface area contributed by atoms with Gasteiger partial charge in [-0.2, -0.15) is 13.2 Å². The first-order chi connectivity index (χ1) is 3.98. The van der Waals surface area contributed by atoms with E-state index < -0.39 is 25.2 Å². The zero-order chi connectivity index (χ0) is 7.49. The Morgan fingerprint density at radius 1 is 1.40 bits per heavy atom. The van der Waals surface area contributed by atoms with Crippen LogP contribution in [0.5, 0.6) is 0 Å². The van der Waals surface area contributed by atoms with Crippen molar-refractivity contribution >= 4 is 12.4 Å². The van der Waals surface area contributed by atoms with E-state index in [1.165, 1.54) is 0 Å². The molecule has 3 N–H and O–H groups in total. The lowest BCUT2D eigenvalue weighted by Crippen LogP contribution is -2.37. The number of aliphatic hydroxyl groups is 1. The molecule has 0 aliphatic rings. The fourth-order valence-electron chi connectivity index (χ4n) is 0.303. The van der Waals surface area contributed by atoms with Crippen LogP contribution in [0.2, 0.25) is 0 Å². The molecule has 1 atom stereocenters. The highest BCUT2D eigenvalue weighted by Gasteiger charge is 2.35. The second-order valence-corrected chi connectivity index (χ2v) is 1.66. The van der Waals surface area contributed by atoms with E-state index in [9.17, 15) is 13.2 Å². The molecule has 0 rings (SSSR count). The Morgan fingerprint density at radius 3 is 1.90 bits per heavy atom. The van der Waals surface area contributed by atoms with Crippen molar-refractivity contribution in [3.05, 3.63) is 0 Å². The maximum atomic E-state index is 11.4. The zero-order valence-electron chi connectivity index (χ0n) is 5.06. The lowest BCUT2D eigenvalue weighted by atomic mass is 10.2. The number of hydrogen-bond acceptors (Lipinski definition) is 2. The first kappa shape index (κ1) is 12.7. The molecule has 0 aliphatic heterocycles. The molecule has 0 bridgehead atoms. The molecule has 0 aliphatic carbocycles. The summed E-state index contributed by atoms with van der Waals surface area (Å²) in [6.07, 6.45) is -4.80. The van der Waals surface area contributed by atoms with Gasteiger partial charge in [0, 0.05) is 6.61 Å². The summed E-state index contributed by atoms with van der Waals surface area (Å²) in [5.41, 5.74) is 4.58. The van der Waals surface area contributed by atoms with Gasteiger partial charge in [-0.3, -0.25) is 0 Å². The SMILES string of the molecule is Cl.N[C@H](CCO)C(F)(F)F. The molecular formula is C4H9ClF3NO. The smallest absolute Gasteiger partial charge is 0.396 e. The Morgan fingerprint density at radius 2 is 1.80 bits per heavy atom. The predicted molar refractivity (Wildman–Crippen MR) is 33.0 cm³/mol. The molecule has 0 saturated heterocycles. The van der Waals surface area contributed by atoms with Crippen molar-refractivity contribution in [3.8, 4) is 0 Å². The van der Waals surface area contributed by atoms with E-state index >= 15 is 0 Å². The average Bonchev–Trinajstić information content (AvgIpc) is 1.64. The van der Waals surface area contributed by atoms with Crippen molar-refractivity contribution in [2.75, 3.05) is 6.61 Å². The molecule has 0 unspecified atom stereocenters. The minimum atomic E-state index is -4.37. The van der Waals surface area contributed by atoms with Crippen LogP contribution in [0.4, 0.5) is 13.2 Å². The summed E-state index contributed by atoms with van der Waals surface area (Å²) in [7, 11) is 0. The molecule has 64 valence electrons. The van der Waals surface area contributed by atoms with Gasteiger partial charge in [0.05, 0.1) is 0 Å². The van der Waals surface area contributed by atoms with Crippen LogP contribution in [0.25, 0.3) is 0 Å². The molecular weight excluding hydrogens is 170 g/mol. The summed E-state index contributed by atoms with van der Waals surface area (Å²) in [5.74, 6) is 0. The highest BCUT2D eigenvalue weighted by Crippen LogP contribution is 2.19. The monoisotopic (exact) mass is 179 g/mol. The van der Waals surface area contributed by atoms with E-state index in [1.807, 2.05) is 0 Å².